The van der Waals surface area contributed by atoms with Crippen LogP contribution in [0.5, 0.6) is 0 Å². The van der Waals surface area contributed by atoms with Gasteiger partial charge in [0.15, 0.2) is 0 Å². The van der Waals surface area contributed by atoms with Crippen molar-refractivity contribution in [2.24, 2.45) is 0 Å². The molecule has 0 aliphatic rings. The lowest BCUT2D eigenvalue weighted by Gasteiger charge is -2.09. The van der Waals surface area contributed by atoms with Crippen LogP contribution < -0.4 is 10.9 Å². The Morgan fingerprint density at radius 2 is 2.32 bits per heavy atom. The first-order chi connectivity index (χ1) is 9.13. The molecule has 0 saturated heterocycles. The van der Waals surface area contributed by atoms with Crippen molar-refractivity contribution in [3.63, 3.8) is 0 Å². The molecule has 98 valence electrons. The zero-order chi connectivity index (χ0) is 13.4. The van der Waals surface area contributed by atoms with Gasteiger partial charge in [0, 0.05) is 16.6 Å². The summed E-state index contributed by atoms with van der Waals surface area (Å²) in [5.74, 6) is 0. The highest BCUT2D eigenvalue weighted by molar-refractivity contribution is 7.20. The van der Waals surface area contributed by atoms with Crippen molar-refractivity contribution in [3.8, 4) is 0 Å². The molecule has 3 aromatic rings. The fourth-order valence-electron chi connectivity index (χ4n) is 1.77. The molecule has 0 aromatic carbocycles. The number of nitrogens with one attached hydrogen (secondary N) is 1. The van der Waals surface area contributed by atoms with Gasteiger partial charge in [0.25, 0.3) is 5.56 Å². The summed E-state index contributed by atoms with van der Waals surface area (Å²) in [6, 6.07) is 5.74. The molecule has 0 amide bonds. The SMILES string of the molecule is Cc1cc(=O)n2nc(N[C@H](C)c3cccs3)sc2n1. The van der Waals surface area contributed by atoms with E-state index in [-0.39, 0.29) is 11.6 Å². The molecule has 0 saturated carbocycles. The van der Waals surface area contributed by atoms with Gasteiger partial charge in [0.2, 0.25) is 10.1 Å². The number of hydrogen-bond acceptors (Lipinski definition) is 6. The molecule has 5 nitrogen and oxygen atoms in total. The van der Waals surface area contributed by atoms with Crippen LogP contribution >= 0.6 is 22.7 Å². The first-order valence-corrected chi connectivity index (χ1v) is 7.50. The van der Waals surface area contributed by atoms with Gasteiger partial charge in [-0.15, -0.1) is 16.4 Å². The molecule has 0 aliphatic carbocycles. The second-order valence-electron chi connectivity index (χ2n) is 4.22. The summed E-state index contributed by atoms with van der Waals surface area (Å²) in [7, 11) is 0. The molecule has 0 radical (unpaired) electrons. The van der Waals surface area contributed by atoms with E-state index in [1.807, 2.05) is 18.4 Å². The Balaban J connectivity index is 1.94. The predicted molar refractivity (Wildman–Crippen MR) is 78.2 cm³/mol. The third-order valence-corrected chi connectivity index (χ3v) is 4.58. The van der Waals surface area contributed by atoms with Gasteiger partial charge in [0.05, 0.1) is 6.04 Å². The molecule has 19 heavy (non-hydrogen) atoms. The quantitative estimate of drug-likeness (QED) is 0.806. The van der Waals surface area contributed by atoms with Gasteiger partial charge in [-0.25, -0.2) is 4.98 Å². The summed E-state index contributed by atoms with van der Waals surface area (Å²) in [4.78, 5) is 17.9. The van der Waals surface area contributed by atoms with Gasteiger partial charge in [-0.2, -0.15) is 4.52 Å². The number of rotatable bonds is 3. The Bertz CT molecular complexity index is 760. The van der Waals surface area contributed by atoms with Crippen molar-refractivity contribution in [2.45, 2.75) is 19.9 Å². The van der Waals surface area contributed by atoms with Crippen LogP contribution in [-0.2, 0) is 0 Å². The molecule has 0 spiro atoms. The molecule has 1 atom stereocenters. The summed E-state index contributed by atoms with van der Waals surface area (Å²) in [6.07, 6.45) is 0. The molecule has 3 rings (SSSR count). The van der Waals surface area contributed by atoms with Crippen LogP contribution in [0.25, 0.3) is 4.96 Å². The van der Waals surface area contributed by atoms with Crippen molar-refractivity contribution in [3.05, 3.63) is 44.5 Å². The van der Waals surface area contributed by atoms with Crippen LogP contribution in [0.3, 0.4) is 0 Å². The maximum absolute atomic E-state index is 11.8. The van der Waals surface area contributed by atoms with Crippen molar-refractivity contribution >= 4 is 32.8 Å². The minimum Gasteiger partial charge on any atom is -0.353 e. The maximum atomic E-state index is 11.8. The van der Waals surface area contributed by atoms with E-state index in [1.165, 1.54) is 26.8 Å². The standard InChI is InChI=1S/C12H12N4OS2/c1-7-6-10(17)16-12(13-7)19-11(15-16)14-8(2)9-4-3-5-18-9/h3-6,8H,1-2H3,(H,14,15)/t8-/m1/s1. The molecule has 7 heteroatoms. The summed E-state index contributed by atoms with van der Waals surface area (Å²) >= 11 is 3.08. The highest BCUT2D eigenvalue weighted by Gasteiger charge is 2.11. The van der Waals surface area contributed by atoms with E-state index in [9.17, 15) is 4.79 Å². The van der Waals surface area contributed by atoms with E-state index >= 15 is 0 Å². The van der Waals surface area contributed by atoms with Crippen molar-refractivity contribution in [1.82, 2.24) is 14.6 Å². The van der Waals surface area contributed by atoms with Gasteiger partial charge >= 0.3 is 0 Å². The van der Waals surface area contributed by atoms with Crippen LogP contribution in [0, 0.1) is 6.92 Å². The van der Waals surface area contributed by atoms with Crippen LogP contribution in [0.4, 0.5) is 5.13 Å². The summed E-state index contributed by atoms with van der Waals surface area (Å²) < 4.78 is 1.33. The highest BCUT2D eigenvalue weighted by atomic mass is 32.1. The van der Waals surface area contributed by atoms with E-state index in [2.05, 4.69) is 28.4 Å². The average Bonchev–Trinajstić information content (AvgIpc) is 2.96. The monoisotopic (exact) mass is 292 g/mol. The third kappa shape index (κ3) is 2.39. The zero-order valence-electron chi connectivity index (χ0n) is 10.5. The summed E-state index contributed by atoms with van der Waals surface area (Å²) in [5, 5.41) is 10.3. The normalized spacial score (nSPS) is 12.7. The summed E-state index contributed by atoms with van der Waals surface area (Å²) in [6.45, 7) is 3.88. The average molecular weight is 292 g/mol. The third-order valence-electron chi connectivity index (χ3n) is 2.68. The van der Waals surface area contributed by atoms with E-state index in [4.69, 9.17) is 0 Å². The topological polar surface area (TPSA) is 59.3 Å². The Kier molecular flexibility index (Phi) is 3.08. The highest BCUT2D eigenvalue weighted by Crippen LogP contribution is 2.25. The zero-order valence-corrected chi connectivity index (χ0v) is 12.1. The number of aromatic nitrogens is 3. The van der Waals surface area contributed by atoms with Gasteiger partial charge in [-0.3, -0.25) is 4.79 Å². The number of fused-ring (bicyclic) bond motifs is 1. The van der Waals surface area contributed by atoms with Crippen molar-refractivity contribution < 1.29 is 0 Å². The molecule has 0 aliphatic heterocycles. The number of aryl methyl sites for hydroxylation is 1. The summed E-state index contributed by atoms with van der Waals surface area (Å²) in [5.41, 5.74) is 0.571. The van der Waals surface area contributed by atoms with Crippen LogP contribution in [0.15, 0.2) is 28.4 Å². The van der Waals surface area contributed by atoms with Gasteiger partial charge in [-0.1, -0.05) is 17.4 Å². The first kappa shape index (κ1) is 12.3. The van der Waals surface area contributed by atoms with Gasteiger partial charge < -0.3 is 5.32 Å². The van der Waals surface area contributed by atoms with E-state index < -0.39 is 0 Å². The molecule has 0 bridgehead atoms. The smallest absolute Gasteiger partial charge is 0.275 e. The Morgan fingerprint density at radius 1 is 1.47 bits per heavy atom. The van der Waals surface area contributed by atoms with Crippen LogP contribution in [0.2, 0.25) is 0 Å². The Morgan fingerprint density at radius 3 is 3.05 bits per heavy atom. The molecule has 3 aromatic heterocycles. The molecular formula is C12H12N4OS2. The lowest BCUT2D eigenvalue weighted by molar-refractivity contribution is 0.855. The van der Waals surface area contributed by atoms with Crippen molar-refractivity contribution in [1.29, 1.82) is 0 Å². The first-order valence-electron chi connectivity index (χ1n) is 5.81. The maximum Gasteiger partial charge on any atom is 0.275 e. The molecule has 0 unspecified atom stereocenters. The van der Waals surface area contributed by atoms with Crippen LogP contribution in [0.1, 0.15) is 23.5 Å². The molecular weight excluding hydrogens is 280 g/mol. The predicted octanol–water partition coefficient (Wildman–Crippen LogP) is 2.69. The fraction of sp³-hybridized carbons (Fsp3) is 0.250. The second-order valence-corrected chi connectivity index (χ2v) is 6.15. The molecule has 1 N–H and O–H groups in total. The Labute approximate surface area is 117 Å². The van der Waals surface area contributed by atoms with E-state index in [0.717, 1.165) is 0 Å². The van der Waals surface area contributed by atoms with Gasteiger partial charge in [-0.05, 0) is 25.3 Å². The fourth-order valence-corrected chi connectivity index (χ4v) is 3.45. The van der Waals surface area contributed by atoms with Crippen LogP contribution in [-0.4, -0.2) is 14.6 Å². The largest absolute Gasteiger partial charge is 0.353 e. The van der Waals surface area contributed by atoms with Crippen molar-refractivity contribution in [2.75, 3.05) is 5.32 Å². The minimum absolute atomic E-state index is 0.143. The van der Waals surface area contributed by atoms with E-state index in [1.54, 1.807) is 11.3 Å². The van der Waals surface area contributed by atoms with E-state index in [0.29, 0.717) is 15.8 Å². The lowest BCUT2D eigenvalue weighted by Crippen LogP contribution is -2.14. The molecule has 3 heterocycles. The second kappa shape index (κ2) is 4.75. The Hall–Kier alpha value is -1.73. The van der Waals surface area contributed by atoms with Gasteiger partial charge in [0.1, 0.15) is 0 Å². The minimum atomic E-state index is -0.143. The number of anilines is 1. The number of hydrogen-bond donors (Lipinski definition) is 1. The number of nitrogens with zero attached hydrogens (tertiary/aromatic N) is 3. The molecule has 0 fully saturated rings. The lowest BCUT2D eigenvalue weighted by atomic mass is 10.3. The number of thiophene rings is 1.